The first-order valence-corrected chi connectivity index (χ1v) is 6.15. The van der Waals surface area contributed by atoms with Gasteiger partial charge in [-0.1, -0.05) is 19.1 Å². The average Bonchev–Trinajstić information content (AvgIpc) is 2.37. The summed E-state index contributed by atoms with van der Waals surface area (Å²) in [5, 5.41) is 2.95. The highest BCUT2D eigenvalue weighted by Gasteiger charge is 2.19. The predicted molar refractivity (Wildman–Crippen MR) is 72.4 cm³/mol. The topological polar surface area (TPSA) is 64.3 Å². The van der Waals surface area contributed by atoms with Gasteiger partial charge in [0.05, 0.1) is 13.2 Å². The third-order valence-corrected chi connectivity index (χ3v) is 3.18. The van der Waals surface area contributed by atoms with E-state index in [1.807, 2.05) is 45.0 Å². The molecular weight excluding hydrogens is 228 g/mol. The van der Waals surface area contributed by atoms with E-state index in [1.54, 1.807) is 7.11 Å². The lowest BCUT2D eigenvalue weighted by Crippen LogP contribution is -2.39. The van der Waals surface area contributed by atoms with E-state index in [0.717, 1.165) is 11.3 Å². The Bertz CT molecular complexity index is 387. The van der Waals surface area contributed by atoms with Crippen LogP contribution < -0.4 is 15.8 Å². The average molecular weight is 250 g/mol. The van der Waals surface area contributed by atoms with Crippen LogP contribution in [-0.2, 0) is 4.79 Å². The van der Waals surface area contributed by atoms with Crippen molar-refractivity contribution in [2.75, 3.05) is 7.11 Å². The normalized spacial score (nSPS) is 15.6. The third-order valence-electron chi connectivity index (χ3n) is 3.18. The summed E-state index contributed by atoms with van der Waals surface area (Å²) in [6, 6.07) is 7.47. The zero-order valence-electron chi connectivity index (χ0n) is 11.4. The summed E-state index contributed by atoms with van der Waals surface area (Å²) >= 11 is 0. The highest BCUT2D eigenvalue weighted by Crippen LogP contribution is 2.17. The highest BCUT2D eigenvalue weighted by atomic mass is 16.5. The number of benzene rings is 1. The van der Waals surface area contributed by atoms with E-state index in [4.69, 9.17) is 10.5 Å². The maximum absolute atomic E-state index is 11.9. The number of rotatable bonds is 5. The maximum Gasteiger partial charge on any atom is 0.224 e. The number of hydrogen-bond acceptors (Lipinski definition) is 3. The van der Waals surface area contributed by atoms with Crippen LogP contribution in [-0.4, -0.2) is 19.1 Å². The van der Waals surface area contributed by atoms with Gasteiger partial charge in [-0.05, 0) is 31.5 Å². The zero-order valence-corrected chi connectivity index (χ0v) is 11.4. The molecule has 18 heavy (non-hydrogen) atoms. The van der Waals surface area contributed by atoms with Gasteiger partial charge in [-0.2, -0.15) is 0 Å². The smallest absolute Gasteiger partial charge is 0.224 e. The molecule has 0 saturated carbocycles. The summed E-state index contributed by atoms with van der Waals surface area (Å²) in [4.78, 5) is 11.9. The Kier molecular flexibility index (Phi) is 5.16. The second-order valence-electron chi connectivity index (χ2n) is 4.65. The molecule has 4 heteroatoms. The lowest BCUT2D eigenvalue weighted by atomic mass is 10.0. The summed E-state index contributed by atoms with van der Waals surface area (Å²) in [6.07, 6.45) is 0. The Morgan fingerprint density at radius 1 is 1.22 bits per heavy atom. The van der Waals surface area contributed by atoms with E-state index in [9.17, 15) is 4.79 Å². The van der Waals surface area contributed by atoms with Crippen LogP contribution in [0, 0.1) is 5.92 Å². The minimum absolute atomic E-state index is 0.0201. The van der Waals surface area contributed by atoms with Crippen molar-refractivity contribution in [2.24, 2.45) is 11.7 Å². The lowest BCUT2D eigenvalue weighted by Gasteiger charge is -2.20. The van der Waals surface area contributed by atoms with Gasteiger partial charge in [-0.3, -0.25) is 4.79 Å². The van der Waals surface area contributed by atoms with E-state index in [1.165, 1.54) is 0 Å². The maximum atomic E-state index is 11.9. The Labute approximate surface area is 109 Å². The Morgan fingerprint density at radius 3 is 2.22 bits per heavy atom. The van der Waals surface area contributed by atoms with Crippen LogP contribution in [0.2, 0.25) is 0 Å². The molecule has 1 aromatic carbocycles. The standard InChI is InChI=1S/C14H22N2O2/c1-9(10(2)15)14(17)16-11(3)12-5-7-13(18-4)8-6-12/h5-11H,15H2,1-4H3,(H,16,17)/t9?,10?,11-/m1/s1. The van der Waals surface area contributed by atoms with Gasteiger partial charge in [0, 0.05) is 12.0 Å². The second kappa shape index (κ2) is 6.40. The number of carbonyl (C=O) groups excluding carboxylic acids is 1. The van der Waals surface area contributed by atoms with Gasteiger partial charge in [0.15, 0.2) is 0 Å². The molecule has 0 aliphatic heterocycles. The molecule has 3 atom stereocenters. The molecule has 0 radical (unpaired) electrons. The number of nitrogens with two attached hydrogens (primary N) is 1. The van der Waals surface area contributed by atoms with Crippen LogP contribution >= 0.6 is 0 Å². The van der Waals surface area contributed by atoms with Crippen molar-refractivity contribution in [3.63, 3.8) is 0 Å². The van der Waals surface area contributed by atoms with Gasteiger partial charge in [-0.15, -0.1) is 0 Å². The number of nitrogens with one attached hydrogen (secondary N) is 1. The van der Waals surface area contributed by atoms with Crippen molar-refractivity contribution in [1.29, 1.82) is 0 Å². The van der Waals surface area contributed by atoms with E-state index >= 15 is 0 Å². The van der Waals surface area contributed by atoms with Gasteiger partial charge in [0.2, 0.25) is 5.91 Å². The SMILES string of the molecule is COc1ccc([C@@H](C)NC(=O)C(C)C(C)N)cc1. The molecule has 0 saturated heterocycles. The van der Waals surface area contributed by atoms with Crippen molar-refractivity contribution in [3.8, 4) is 5.75 Å². The Hall–Kier alpha value is -1.55. The van der Waals surface area contributed by atoms with Crippen LogP contribution in [0.4, 0.5) is 0 Å². The minimum atomic E-state index is -0.189. The zero-order chi connectivity index (χ0) is 13.7. The summed E-state index contributed by atoms with van der Waals surface area (Å²) in [7, 11) is 1.63. The molecule has 0 aromatic heterocycles. The molecule has 1 rings (SSSR count). The van der Waals surface area contributed by atoms with Crippen molar-refractivity contribution >= 4 is 5.91 Å². The summed E-state index contributed by atoms with van der Waals surface area (Å²) in [5.41, 5.74) is 6.75. The van der Waals surface area contributed by atoms with Gasteiger partial charge in [0.1, 0.15) is 5.75 Å². The summed E-state index contributed by atoms with van der Waals surface area (Å²) in [5.74, 6) is 0.597. The van der Waals surface area contributed by atoms with E-state index in [-0.39, 0.29) is 23.9 Å². The summed E-state index contributed by atoms with van der Waals surface area (Å²) in [6.45, 7) is 5.62. The van der Waals surface area contributed by atoms with Crippen LogP contribution in [0.1, 0.15) is 32.4 Å². The molecule has 2 unspecified atom stereocenters. The quantitative estimate of drug-likeness (QED) is 0.838. The molecular formula is C14H22N2O2. The second-order valence-corrected chi connectivity index (χ2v) is 4.65. The monoisotopic (exact) mass is 250 g/mol. The van der Waals surface area contributed by atoms with E-state index in [2.05, 4.69) is 5.32 Å². The largest absolute Gasteiger partial charge is 0.497 e. The van der Waals surface area contributed by atoms with Gasteiger partial charge in [0.25, 0.3) is 0 Å². The van der Waals surface area contributed by atoms with Gasteiger partial charge >= 0.3 is 0 Å². The summed E-state index contributed by atoms with van der Waals surface area (Å²) < 4.78 is 5.10. The molecule has 0 heterocycles. The van der Waals surface area contributed by atoms with E-state index in [0.29, 0.717) is 0 Å². The fourth-order valence-corrected chi connectivity index (χ4v) is 1.56. The van der Waals surface area contributed by atoms with E-state index < -0.39 is 0 Å². The molecule has 1 amide bonds. The molecule has 100 valence electrons. The van der Waals surface area contributed by atoms with Crippen LogP contribution in [0.25, 0.3) is 0 Å². The number of carbonyl (C=O) groups is 1. The lowest BCUT2D eigenvalue weighted by molar-refractivity contribution is -0.125. The first-order valence-electron chi connectivity index (χ1n) is 6.15. The van der Waals surface area contributed by atoms with Crippen LogP contribution in [0.15, 0.2) is 24.3 Å². The van der Waals surface area contributed by atoms with Crippen molar-refractivity contribution in [2.45, 2.75) is 32.9 Å². The fraction of sp³-hybridized carbons (Fsp3) is 0.500. The van der Waals surface area contributed by atoms with Crippen LogP contribution in [0.5, 0.6) is 5.75 Å². The number of hydrogen-bond donors (Lipinski definition) is 2. The van der Waals surface area contributed by atoms with Crippen molar-refractivity contribution < 1.29 is 9.53 Å². The first kappa shape index (κ1) is 14.5. The number of methoxy groups -OCH3 is 1. The first-order chi connectivity index (χ1) is 8.45. The van der Waals surface area contributed by atoms with Crippen molar-refractivity contribution in [1.82, 2.24) is 5.32 Å². The molecule has 0 spiro atoms. The van der Waals surface area contributed by atoms with Crippen molar-refractivity contribution in [3.05, 3.63) is 29.8 Å². The third kappa shape index (κ3) is 3.74. The predicted octanol–water partition coefficient (Wildman–Crippen LogP) is 1.86. The molecule has 3 N–H and O–H groups in total. The molecule has 0 fully saturated rings. The van der Waals surface area contributed by atoms with Crippen LogP contribution in [0.3, 0.4) is 0 Å². The molecule has 0 aliphatic carbocycles. The Balaban J connectivity index is 2.64. The Morgan fingerprint density at radius 2 is 1.78 bits per heavy atom. The fourth-order valence-electron chi connectivity index (χ4n) is 1.56. The molecule has 4 nitrogen and oxygen atoms in total. The van der Waals surface area contributed by atoms with Gasteiger partial charge < -0.3 is 15.8 Å². The highest BCUT2D eigenvalue weighted by molar-refractivity contribution is 5.79. The molecule has 1 aromatic rings. The van der Waals surface area contributed by atoms with Gasteiger partial charge in [-0.25, -0.2) is 0 Å². The molecule has 0 aliphatic rings. The molecule has 0 bridgehead atoms. The number of ether oxygens (including phenoxy) is 1. The minimum Gasteiger partial charge on any atom is -0.497 e. The number of amides is 1.